The van der Waals surface area contributed by atoms with E-state index in [0.29, 0.717) is 13.2 Å². The largest absolute Gasteiger partial charge is 0.377 e. The third-order valence-electron chi connectivity index (χ3n) is 3.77. The van der Waals surface area contributed by atoms with Crippen molar-refractivity contribution < 1.29 is 9.53 Å². The van der Waals surface area contributed by atoms with Crippen molar-refractivity contribution in [2.24, 2.45) is 5.41 Å². The van der Waals surface area contributed by atoms with Gasteiger partial charge in [0.25, 0.3) is 0 Å². The molecule has 1 fully saturated rings. The van der Waals surface area contributed by atoms with E-state index in [1.54, 1.807) is 0 Å². The van der Waals surface area contributed by atoms with Crippen LogP contribution in [0, 0.1) is 5.41 Å². The number of ether oxygens (including phenoxy) is 1. The molecule has 4 nitrogen and oxygen atoms in total. The summed E-state index contributed by atoms with van der Waals surface area (Å²) in [4.78, 5) is 12.4. The molecule has 0 aliphatic carbocycles. The van der Waals surface area contributed by atoms with Crippen molar-refractivity contribution in [3.63, 3.8) is 0 Å². The predicted molar refractivity (Wildman–Crippen MR) is 73.5 cm³/mol. The number of rotatable bonds is 7. The standard InChI is InChI=1S/C14H28N2O2/c1-4-6-14(7-9-15-10-8-14)13(17)16-11-12(3)18-5-2/h12,15H,4-11H2,1-3H3,(H,16,17). The Labute approximate surface area is 111 Å². The molecule has 1 saturated heterocycles. The van der Waals surface area contributed by atoms with Crippen LogP contribution >= 0.6 is 0 Å². The van der Waals surface area contributed by atoms with Crippen LogP contribution < -0.4 is 10.6 Å². The van der Waals surface area contributed by atoms with E-state index in [2.05, 4.69) is 17.6 Å². The average Bonchev–Trinajstić information content (AvgIpc) is 2.38. The highest BCUT2D eigenvalue weighted by Crippen LogP contribution is 2.34. The minimum atomic E-state index is -0.147. The predicted octanol–water partition coefficient (Wildman–Crippen LogP) is 1.70. The Balaban J connectivity index is 2.49. The van der Waals surface area contributed by atoms with Crippen LogP contribution in [0.5, 0.6) is 0 Å². The molecule has 0 saturated carbocycles. The maximum atomic E-state index is 12.4. The van der Waals surface area contributed by atoms with E-state index in [1.807, 2.05) is 13.8 Å². The van der Waals surface area contributed by atoms with Crippen molar-refractivity contribution in [1.82, 2.24) is 10.6 Å². The van der Waals surface area contributed by atoms with E-state index in [4.69, 9.17) is 4.74 Å². The van der Waals surface area contributed by atoms with E-state index in [0.717, 1.165) is 38.8 Å². The monoisotopic (exact) mass is 256 g/mol. The molecule has 1 heterocycles. The summed E-state index contributed by atoms with van der Waals surface area (Å²) in [6.45, 7) is 9.35. The van der Waals surface area contributed by atoms with Crippen molar-refractivity contribution in [3.8, 4) is 0 Å². The lowest BCUT2D eigenvalue weighted by Crippen LogP contribution is -2.49. The zero-order valence-corrected chi connectivity index (χ0v) is 12.1. The molecular formula is C14H28N2O2. The fourth-order valence-corrected chi connectivity index (χ4v) is 2.74. The van der Waals surface area contributed by atoms with Crippen LogP contribution in [-0.4, -0.2) is 38.3 Å². The van der Waals surface area contributed by atoms with Gasteiger partial charge in [0.2, 0.25) is 5.91 Å². The van der Waals surface area contributed by atoms with Crippen LogP contribution in [0.2, 0.25) is 0 Å². The summed E-state index contributed by atoms with van der Waals surface area (Å²) in [5.41, 5.74) is -0.147. The van der Waals surface area contributed by atoms with Crippen LogP contribution in [0.3, 0.4) is 0 Å². The fourth-order valence-electron chi connectivity index (χ4n) is 2.74. The van der Waals surface area contributed by atoms with E-state index in [1.165, 1.54) is 0 Å². The average molecular weight is 256 g/mol. The van der Waals surface area contributed by atoms with Gasteiger partial charge < -0.3 is 15.4 Å². The summed E-state index contributed by atoms with van der Waals surface area (Å²) >= 11 is 0. The zero-order valence-electron chi connectivity index (χ0n) is 12.1. The van der Waals surface area contributed by atoms with Crippen molar-refractivity contribution in [1.29, 1.82) is 0 Å². The van der Waals surface area contributed by atoms with Crippen LogP contribution in [0.25, 0.3) is 0 Å². The molecule has 2 N–H and O–H groups in total. The number of hydrogen-bond donors (Lipinski definition) is 2. The van der Waals surface area contributed by atoms with Gasteiger partial charge in [-0.2, -0.15) is 0 Å². The molecule has 0 radical (unpaired) electrons. The lowest BCUT2D eigenvalue weighted by atomic mass is 9.74. The normalized spacial score (nSPS) is 20.4. The molecule has 1 unspecified atom stereocenters. The molecule has 0 spiro atoms. The molecule has 4 heteroatoms. The number of hydrogen-bond acceptors (Lipinski definition) is 3. The van der Waals surface area contributed by atoms with Gasteiger partial charge in [-0.05, 0) is 46.2 Å². The highest BCUT2D eigenvalue weighted by Gasteiger charge is 2.38. The van der Waals surface area contributed by atoms with Gasteiger partial charge in [0.05, 0.1) is 11.5 Å². The van der Waals surface area contributed by atoms with Gasteiger partial charge in [0.15, 0.2) is 0 Å². The number of carbonyl (C=O) groups is 1. The van der Waals surface area contributed by atoms with Gasteiger partial charge in [0.1, 0.15) is 0 Å². The minimum Gasteiger partial charge on any atom is -0.377 e. The first-order valence-corrected chi connectivity index (χ1v) is 7.25. The van der Waals surface area contributed by atoms with Gasteiger partial charge >= 0.3 is 0 Å². The summed E-state index contributed by atoms with van der Waals surface area (Å²) < 4.78 is 5.45. The Kier molecular flexibility index (Phi) is 6.65. The molecule has 1 amide bonds. The highest BCUT2D eigenvalue weighted by molar-refractivity contribution is 5.82. The second-order valence-electron chi connectivity index (χ2n) is 5.26. The maximum absolute atomic E-state index is 12.4. The van der Waals surface area contributed by atoms with Gasteiger partial charge in [-0.25, -0.2) is 0 Å². The van der Waals surface area contributed by atoms with Gasteiger partial charge in [-0.15, -0.1) is 0 Å². The Morgan fingerprint density at radius 1 is 1.39 bits per heavy atom. The number of amides is 1. The van der Waals surface area contributed by atoms with Crippen molar-refractivity contribution >= 4 is 5.91 Å². The molecule has 18 heavy (non-hydrogen) atoms. The van der Waals surface area contributed by atoms with Gasteiger partial charge in [-0.1, -0.05) is 13.3 Å². The van der Waals surface area contributed by atoms with Gasteiger partial charge in [0, 0.05) is 13.2 Å². The molecule has 1 aliphatic heterocycles. The number of piperidine rings is 1. The molecule has 0 aromatic carbocycles. The third-order valence-corrected chi connectivity index (χ3v) is 3.77. The Bertz CT molecular complexity index is 245. The second kappa shape index (κ2) is 7.74. The maximum Gasteiger partial charge on any atom is 0.226 e. The number of carbonyl (C=O) groups excluding carboxylic acids is 1. The first kappa shape index (κ1) is 15.4. The summed E-state index contributed by atoms with van der Waals surface area (Å²) in [5.74, 6) is 0.220. The van der Waals surface area contributed by atoms with Crippen molar-refractivity contribution in [2.75, 3.05) is 26.2 Å². The molecule has 0 aromatic rings. The van der Waals surface area contributed by atoms with Crippen molar-refractivity contribution in [2.45, 2.75) is 52.6 Å². The van der Waals surface area contributed by atoms with Crippen molar-refractivity contribution in [3.05, 3.63) is 0 Å². The fraction of sp³-hybridized carbons (Fsp3) is 0.929. The molecule has 0 bridgehead atoms. The smallest absolute Gasteiger partial charge is 0.226 e. The van der Waals surface area contributed by atoms with Crippen LogP contribution in [0.15, 0.2) is 0 Å². The van der Waals surface area contributed by atoms with Gasteiger partial charge in [-0.3, -0.25) is 4.79 Å². The first-order chi connectivity index (χ1) is 8.64. The summed E-state index contributed by atoms with van der Waals surface area (Å²) in [5, 5.41) is 6.40. The Hall–Kier alpha value is -0.610. The molecule has 0 aromatic heterocycles. The summed E-state index contributed by atoms with van der Waals surface area (Å²) in [6.07, 6.45) is 4.06. The van der Waals surface area contributed by atoms with Crippen LogP contribution in [-0.2, 0) is 9.53 Å². The molecule has 1 aliphatic rings. The van der Waals surface area contributed by atoms with E-state index in [-0.39, 0.29) is 17.4 Å². The Morgan fingerprint density at radius 2 is 2.06 bits per heavy atom. The quantitative estimate of drug-likeness (QED) is 0.729. The minimum absolute atomic E-state index is 0.0966. The lowest BCUT2D eigenvalue weighted by Gasteiger charge is -2.36. The molecule has 1 atom stereocenters. The van der Waals surface area contributed by atoms with E-state index in [9.17, 15) is 4.79 Å². The first-order valence-electron chi connectivity index (χ1n) is 7.25. The topological polar surface area (TPSA) is 50.4 Å². The number of nitrogens with one attached hydrogen (secondary N) is 2. The molecule has 106 valence electrons. The van der Waals surface area contributed by atoms with E-state index >= 15 is 0 Å². The summed E-state index contributed by atoms with van der Waals surface area (Å²) in [6, 6.07) is 0. The second-order valence-corrected chi connectivity index (χ2v) is 5.26. The van der Waals surface area contributed by atoms with Crippen LogP contribution in [0.4, 0.5) is 0 Å². The third kappa shape index (κ3) is 4.25. The molecular weight excluding hydrogens is 228 g/mol. The lowest BCUT2D eigenvalue weighted by molar-refractivity contribution is -0.133. The highest BCUT2D eigenvalue weighted by atomic mass is 16.5. The summed E-state index contributed by atoms with van der Waals surface area (Å²) in [7, 11) is 0. The Morgan fingerprint density at radius 3 is 2.61 bits per heavy atom. The van der Waals surface area contributed by atoms with E-state index < -0.39 is 0 Å². The molecule has 1 rings (SSSR count). The SMILES string of the molecule is CCCC1(C(=O)NCC(C)OCC)CCNCC1. The zero-order chi connectivity index (χ0) is 13.4. The van der Waals surface area contributed by atoms with Crippen LogP contribution in [0.1, 0.15) is 46.5 Å².